The van der Waals surface area contributed by atoms with Crippen molar-refractivity contribution in [3.8, 4) is 5.75 Å². The Labute approximate surface area is 235 Å². The molecule has 1 aromatic rings. The number of nitrogens with one attached hydrogen (secondary N) is 2. The molecule has 0 unspecified atom stereocenters. The standard InChI is InChI=1S/C31H43FN2O6/c1-30(9-4-10-30)17-33-28(36)25-18-5-6-19(13-18)26(25)34-27(35)22-15-24(23(32)14-20(22)16-39-3)40-21-7-11-31(2,12-8-21)29(37)38/h14-15,18-19,21,25-26H,4-13,16-17H2,1-3H3,(H,33,36)(H,34,35)(H,37,38)/t18-,19+,21?,25+,26-,31?/m1/s1. The number of carbonyl (C=O) groups is 3. The van der Waals surface area contributed by atoms with Gasteiger partial charge in [-0.2, -0.15) is 0 Å². The Balaban J connectivity index is 1.30. The second-order valence-corrected chi connectivity index (χ2v) is 13.3. The van der Waals surface area contributed by atoms with Crippen LogP contribution in [-0.4, -0.2) is 48.7 Å². The van der Waals surface area contributed by atoms with E-state index in [9.17, 15) is 19.5 Å². The summed E-state index contributed by atoms with van der Waals surface area (Å²) in [4.78, 5) is 38.6. The van der Waals surface area contributed by atoms with Gasteiger partial charge in [0.15, 0.2) is 11.6 Å². The van der Waals surface area contributed by atoms with Crippen LogP contribution in [0.2, 0.25) is 0 Å². The molecule has 4 atom stereocenters. The van der Waals surface area contributed by atoms with Crippen LogP contribution in [0.5, 0.6) is 5.75 Å². The molecule has 0 saturated heterocycles. The fourth-order valence-corrected chi connectivity index (χ4v) is 7.39. The maximum atomic E-state index is 15.1. The summed E-state index contributed by atoms with van der Waals surface area (Å²) in [6, 6.07) is 2.45. The topological polar surface area (TPSA) is 114 Å². The number of benzene rings is 1. The highest BCUT2D eigenvalue weighted by molar-refractivity contribution is 5.97. The number of carboxylic acid groups (broad SMARTS) is 1. The Bertz CT molecular complexity index is 1140. The van der Waals surface area contributed by atoms with Crippen LogP contribution in [0.15, 0.2) is 12.1 Å². The first-order valence-electron chi connectivity index (χ1n) is 14.8. The zero-order chi connectivity index (χ0) is 28.7. The van der Waals surface area contributed by atoms with E-state index in [1.54, 1.807) is 6.92 Å². The average molecular weight is 559 g/mol. The minimum Gasteiger partial charge on any atom is -0.487 e. The molecule has 0 aliphatic heterocycles. The van der Waals surface area contributed by atoms with Crippen molar-refractivity contribution < 1.29 is 33.4 Å². The predicted octanol–water partition coefficient (Wildman–Crippen LogP) is 4.84. The highest BCUT2D eigenvalue weighted by atomic mass is 19.1. The minimum atomic E-state index is -0.829. The van der Waals surface area contributed by atoms with Crippen LogP contribution in [0.3, 0.4) is 0 Å². The van der Waals surface area contributed by atoms with Crippen LogP contribution < -0.4 is 15.4 Å². The van der Waals surface area contributed by atoms with Crippen LogP contribution in [0, 0.1) is 34.4 Å². The number of aliphatic carboxylic acids is 1. The average Bonchev–Trinajstić information content (AvgIpc) is 3.51. The predicted molar refractivity (Wildman–Crippen MR) is 146 cm³/mol. The van der Waals surface area contributed by atoms with Gasteiger partial charge < -0.3 is 25.2 Å². The van der Waals surface area contributed by atoms with Gasteiger partial charge in [-0.05, 0) is 99.7 Å². The van der Waals surface area contributed by atoms with Gasteiger partial charge in [0.2, 0.25) is 5.91 Å². The number of ether oxygens (including phenoxy) is 2. The van der Waals surface area contributed by atoms with E-state index in [2.05, 4.69) is 17.6 Å². The molecule has 0 heterocycles. The molecule has 0 aromatic heterocycles. The minimum absolute atomic E-state index is 0.0232. The molecular weight excluding hydrogens is 515 g/mol. The number of hydrogen-bond acceptors (Lipinski definition) is 5. The third-order valence-electron chi connectivity index (χ3n) is 10.3. The summed E-state index contributed by atoms with van der Waals surface area (Å²) in [5.41, 5.74) is 0.0588. The van der Waals surface area contributed by atoms with E-state index in [0.717, 1.165) is 32.1 Å². The van der Waals surface area contributed by atoms with Gasteiger partial charge in [0.05, 0.1) is 24.0 Å². The first-order chi connectivity index (χ1) is 19.0. The number of halogens is 1. The van der Waals surface area contributed by atoms with E-state index in [4.69, 9.17) is 9.47 Å². The first-order valence-corrected chi connectivity index (χ1v) is 14.8. The molecule has 0 spiro atoms. The normalized spacial score (nSPS) is 32.2. The quantitative estimate of drug-likeness (QED) is 0.379. The lowest BCUT2D eigenvalue weighted by molar-refractivity contribution is -0.150. The Morgan fingerprint density at radius 3 is 2.38 bits per heavy atom. The maximum absolute atomic E-state index is 15.1. The van der Waals surface area contributed by atoms with Gasteiger partial charge >= 0.3 is 5.97 Å². The van der Waals surface area contributed by atoms with Crippen molar-refractivity contribution >= 4 is 17.8 Å². The maximum Gasteiger partial charge on any atom is 0.309 e. The number of fused-ring (bicyclic) bond motifs is 2. The molecule has 0 radical (unpaired) electrons. The van der Waals surface area contributed by atoms with Crippen molar-refractivity contribution in [3.05, 3.63) is 29.1 Å². The van der Waals surface area contributed by atoms with Crippen LogP contribution in [0.4, 0.5) is 4.39 Å². The third kappa shape index (κ3) is 5.71. The summed E-state index contributed by atoms with van der Waals surface area (Å²) in [6.07, 6.45) is 7.90. The van der Waals surface area contributed by atoms with Crippen molar-refractivity contribution in [1.82, 2.24) is 10.6 Å². The Kier molecular flexibility index (Phi) is 8.15. The summed E-state index contributed by atoms with van der Waals surface area (Å²) in [5.74, 6) is -1.53. The van der Waals surface area contributed by atoms with Gasteiger partial charge in [-0.3, -0.25) is 14.4 Å². The van der Waals surface area contributed by atoms with E-state index in [-0.39, 0.29) is 65.0 Å². The summed E-state index contributed by atoms with van der Waals surface area (Å²) in [6.45, 7) is 4.66. The number of carbonyl (C=O) groups excluding carboxylic acids is 2. The lowest BCUT2D eigenvalue weighted by Crippen LogP contribution is -2.51. The van der Waals surface area contributed by atoms with Gasteiger partial charge in [0, 0.05) is 25.3 Å². The first kappa shape index (κ1) is 28.8. The fourth-order valence-electron chi connectivity index (χ4n) is 7.39. The van der Waals surface area contributed by atoms with Crippen LogP contribution in [0.1, 0.15) is 94.0 Å². The highest BCUT2D eigenvalue weighted by Crippen LogP contribution is 2.49. The molecule has 4 fully saturated rings. The van der Waals surface area contributed by atoms with E-state index >= 15 is 4.39 Å². The molecule has 2 bridgehead atoms. The summed E-state index contributed by atoms with van der Waals surface area (Å²) in [5, 5.41) is 15.8. The molecule has 220 valence electrons. The molecule has 2 amide bonds. The number of amides is 2. The van der Waals surface area contributed by atoms with Gasteiger partial charge in [0.25, 0.3) is 5.91 Å². The van der Waals surface area contributed by atoms with Crippen LogP contribution in [-0.2, 0) is 20.9 Å². The number of hydrogen-bond donors (Lipinski definition) is 3. The largest absolute Gasteiger partial charge is 0.487 e. The molecule has 1 aromatic carbocycles. The smallest absolute Gasteiger partial charge is 0.309 e. The molecule has 8 nitrogen and oxygen atoms in total. The number of rotatable bonds is 10. The summed E-state index contributed by atoms with van der Waals surface area (Å²) < 4.78 is 26.4. The van der Waals surface area contributed by atoms with Crippen molar-refractivity contribution in [3.63, 3.8) is 0 Å². The molecule has 4 aliphatic carbocycles. The molecule has 4 aliphatic rings. The molecule has 4 saturated carbocycles. The van der Waals surface area contributed by atoms with Crippen LogP contribution >= 0.6 is 0 Å². The molecule has 5 rings (SSSR count). The lowest BCUT2D eigenvalue weighted by atomic mass is 9.70. The fraction of sp³-hybridized carbons (Fsp3) is 0.710. The van der Waals surface area contributed by atoms with E-state index in [1.807, 2.05) is 0 Å². The van der Waals surface area contributed by atoms with Crippen molar-refractivity contribution in [1.29, 1.82) is 0 Å². The molecule has 40 heavy (non-hydrogen) atoms. The SMILES string of the molecule is COCc1cc(F)c(OC2CCC(C)(C(=O)O)CC2)cc1C(=O)N[C@@H]1[C@H]2CC[C@H](C2)[C@@H]1C(=O)NCC1(C)CCC1. The molecule has 3 N–H and O–H groups in total. The number of carboxylic acids is 1. The Morgan fingerprint density at radius 2 is 1.75 bits per heavy atom. The van der Waals surface area contributed by atoms with Gasteiger partial charge in [-0.25, -0.2) is 4.39 Å². The van der Waals surface area contributed by atoms with E-state index < -0.39 is 17.2 Å². The zero-order valence-corrected chi connectivity index (χ0v) is 23.9. The van der Waals surface area contributed by atoms with Crippen molar-refractivity contribution in [2.24, 2.45) is 28.6 Å². The monoisotopic (exact) mass is 558 g/mol. The van der Waals surface area contributed by atoms with Gasteiger partial charge in [-0.15, -0.1) is 0 Å². The van der Waals surface area contributed by atoms with E-state index in [1.165, 1.54) is 25.7 Å². The Hall–Kier alpha value is -2.68. The Morgan fingerprint density at radius 1 is 1.05 bits per heavy atom. The van der Waals surface area contributed by atoms with Gasteiger partial charge in [-0.1, -0.05) is 13.3 Å². The third-order valence-corrected chi connectivity index (χ3v) is 10.3. The lowest BCUT2D eigenvalue weighted by Gasteiger charge is -2.39. The second-order valence-electron chi connectivity index (χ2n) is 13.3. The van der Waals surface area contributed by atoms with Crippen molar-refractivity contribution in [2.45, 2.75) is 96.8 Å². The van der Waals surface area contributed by atoms with Gasteiger partial charge in [0.1, 0.15) is 0 Å². The molecule has 9 heteroatoms. The summed E-state index contributed by atoms with van der Waals surface area (Å²) >= 11 is 0. The van der Waals surface area contributed by atoms with Crippen molar-refractivity contribution in [2.75, 3.05) is 13.7 Å². The summed E-state index contributed by atoms with van der Waals surface area (Å²) in [7, 11) is 1.49. The van der Waals surface area contributed by atoms with Crippen LogP contribution in [0.25, 0.3) is 0 Å². The highest BCUT2D eigenvalue weighted by Gasteiger charge is 2.51. The molecular formula is C31H43FN2O6. The van der Waals surface area contributed by atoms with E-state index in [0.29, 0.717) is 37.8 Å². The second kappa shape index (κ2) is 11.3. The zero-order valence-electron chi connectivity index (χ0n) is 23.9. The number of methoxy groups -OCH3 is 1.